The first-order valence-corrected chi connectivity index (χ1v) is 11.4. The van der Waals surface area contributed by atoms with Crippen molar-refractivity contribution < 1.29 is 9.53 Å². The number of hydrogen-bond acceptors (Lipinski definition) is 5. The molecule has 2 aliphatic rings. The molecule has 1 fully saturated rings. The summed E-state index contributed by atoms with van der Waals surface area (Å²) in [6.07, 6.45) is 3.54. The quantitative estimate of drug-likeness (QED) is 0.221. The van der Waals surface area contributed by atoms with Crippen LogP contribution in [0.1, 0.15) is 10.4 Å². The molecule has 3 heterocycles. The largest absolute Gasteiger partial charge is 0.378 e. The summed E-state index contributed by atoms with van der Waals surface area (Å²) < 4.78 is 5.40. The number of halogens is 1. The predicted molar refractivity (Wildman–Crippen MR) is 134 cm³/mol. The lowest BCUT2D eigenvalue weighted by Crippen LogP contribution is -2.32. The van der Waals surface area contributed by atoms with E-state index in [0.29, 0.717) is 23.8 Å². The lowest BCUT2D eigenvalue weighted by atomic mass is 9.91. The Hall–Kier alpha value is -3.41. The Morgan fingerprint density at radius 2 is 1.85 bits per heavy atom. The van der Waals surface area contributed by atoms with Crippen molar-refractivity contribution in [2.24, 2.45) is 0 Å². The van der Waals surface area contributed by atoms with Crippen molar-refractivity contribution >= 4 is 50.4 Å². The monoisotopic (exact) mass is 455 g/mol. The minimum atomic E-state index is -0.0274. The number of benzene rings is 3. The maximum Gasteiger partial charge on any atom is 0.187 e. The second-order valence-electron chi connectivity index (χ2n) is 8.44. The first-order valence-electron chi connectivity index (χ1n) is 11.0. The number of ether oxygens (including phenoxy) is 1. The number of anilines is 2. The second-order valence-corrected chi connectivity index (χ2v) is 8.88. The molecule has 0 N–H and O–H groups in total. The van der Waals surface area contributed by atoms with Crippen LogP contribution >= 0.6 is 11.6 Å². The Balaban J connectivity index is 1.58. The molecule has 3 aromatic carbocycles. The zero-order chi connectivity index (χ0) is 22.5. The number of morpholine rings is 1. The van der Waals surface area contributed by atoms with E-state index in [1.54, 1.807) is 6.08 Å². The van der Waals surface area contributed by atoms with E-state index in [1.807, 2.05) is 55.7 Å². The molecule has 0 radical (unpaired) electrons. The van der Waals surface area contributed by atoms with E-state index in [0.717, 1.165) is 57.4 Å². The van der Waals surface area contributed by atoms with Crippen LogP contribution in [0, 0.1) is 0 Å². The van der Waals surface area contributed by atoms with Gasteiger partial charge in [-0.2, -0.15) is 0 Å². The highest BCUT2D eigenvalue weighted by atomic mass is 35.5. The van der Waals surface area contributed by atoms with Crippen LogP contribution in [-0.4, -0.2) is 49.0 Å². The summed E-state index contributed by atoms with van der Waals surface area (Å²) in [5.74, 6) is -0.0274. The molecule has 0 saturated carbocycles. The van der Waals surface area contributed by atoms with Crippen LogP contribution in [0.15, 0.2) is 66.9 Å². The molecule has 6 rings (SSSR count). The molecule has 1 saturated heterocycles. The number of rotatable bonds is 3. The van der Waals surface area contributed by atoms with Gasteiger partial charge in [0.15, 0.2) is 5.78 Å². The van der Waals surface area contributed by atoms with Gasteiger partial charge in [0.05, 0.1) is 35.8 Å². The fourth-order valence-electron chi connectivity index (χ4n) is 4.78. The Labute approximate surface area is 196 Å². The second kappa shape index (κ2) is 7.87. The van der Waals surface area contributed by atoms with Gasteiger partial charge in [-0.15, -0.1) is 0 Å². The first-order chi connectivity index (χ1) is 16.1. The lowest BCUT2D eigenvalue weighted by molar-refractivity contribution is 0.0591. The topological polar surface area (TPSA) is 45.7 Å². The highest BCUT2D eigenvalue weighted by Gasteiger charge is 2.26. The smallest absolute Gasteiger partial charge is 0.187 e. The number of fused-ring (bicyclic) bond motifs is 4. The van der Waals surface area contributed by atoms with Gasteiger partial charge in [0.1, 0.15) is 0 Å². The standard InChI is InChI=1S/C27H22ClN3O2/c1-30-23-5-3-2-4-19(23)27-26-21(20-16-18(28)6-7-22(20)29-27)14-17(15-24(26)30)25(32)8-9-31-10-12-33-13-11-31/h2-9,14-16H,10-13H2,1H3/b9-8+. The molecule has 0 unspecified atom stereocenters. The molecular formula is C27H22ClN3O2. The molecule has 0 amide bonds. The Morgan fingerprint density at radius 1 is 1.03 bits per heavy atom. The van der Waals surface area contributed by atoms with Crippen molar-refractivity contribution in [2.45, 2.75) is 0 Å². The fraction of sp³-hybridized carbons (Fsp3) is 0.185. The van der Waals surface area contributed by atoms with E-state index < -0.39 is 0 Å². The number of ketones is 1. The molecule has 2 aliphatic heterocycles. The van der Waals surface area contributed by atoms with Crippen molar-refractivity contribution in [1.82, 2.24) is 9.88 Å². The van der Waals surface area contributed by atoms with Gasteiger partial charge in [-0.3, -0.25) is 4.79 Å². The number of aromatic nitrogens is 1. The molecule has 1 aromatic heterocycles. The number of hydrogen-bond donors (Lipinski definition) is 0. The maximum absolute atomic E-state index is 13.3. The molecule has 0 spiro atoms. The number of pyridine rings is 1. The van der Waals surface area contributed by atoms with Crippen LogP contribution in [0.4, 0.5) is 11.4 Å². The average Bonchev–Trinajstić information content (AvgIpc) is 2.86. The minimum absolute atomic E-state index is 0.0274. The van der Waals surface area contributed by atoms with E-state index in [4.69, 9.17) is 21.3 Å². The Bertz CT molecular complexity index is 1460. The van der Waals surface area contributed by atoms with Gasteiger partial charge >= 0.3 is 0 Å². The summed E-state index contributed by atoms with van der Waals surface area (Å²) in [4.78, 5) is 22.5. The molecular weight excluding hydrogens is 434 g/mol. The summed E-state index contributed by atoms with van der Waals surface area (Å²) in [5, 5.41) is 3.62. The van der Waals surface area contributed by atoms with E-state index in [2.05, 4.69) is 21.9 Å². The van der Waals surface area contributed by atoms with Crippen LogP contribution in [-0.2, 0) is 4.74 Å². The van der Waals surface area contributed by atoms with Crippen molar-refractivity contribution in [3.05, 3.63) is 77.5 Å². The van der Waals surface area contributed by atoms with Gasteiger partial charge < -0.3 is 14.5 Å². The molecule has 6 heteroatoms. The SMILES string of the molecule is CN1c2ccccc2-c2nc3ccc(Cl)cc3c3cc(C(=O)/C=C/N4CCOCC4)cc1c23. The van der Waals surface area contributed by atoms with Gasteiger partial charge in [0.25, 0.3) is 0 Å². The van der Waals surface area contributed by atoms with Gasteiger partial charge in [0, 0.05) is 59.3 Å². The van der Waals surface area contributed by atoms with Crippen molar-refractivity contribution in [3.8, 4) is 11.3 Å². The fourth-order valence-corrected chi connectivity index (χ4v) is 4.95. The first kappa shape index (κ1) is 20.2. The van der Waals surface area contributed by atoms with Crippen LogP contribution in [0.3, 0.4) is 0 Å². The zero-order valence-corrected chi connectivity index (χ0v) is 19.0. The van der Waals surface area contributed by atoms with Gasteiger partial charge in [0.2, 0.25) is 0 Å². The molecule has 4 aromatic rings. The number of carbonyl (C=O) groups is 1. The molecule has 0 atom stereocenters. The third-order valence-corrected chi connectivity index (χ3v) is 6.72. The van der Waals surface area contributed by atoms with Gasteiger partial charge in [-0.05, 0) is 41.8 Å². The average molecular weight is 456 g/mol. The van der Waals surface area contributed by atoms with Gasteiger partial charge in [-0.1, -0.05) is 29.8 Å². The summed E-state index contributed by atoms with van der Waals surface area (Å²) >= 11 is 6.36. The summed E-state index contributed by atoms with van der Waals surface area (Å²) in [7, 11) is 2.04. The molecule has 33 heavy (non-hydrogen) atoms. The van der Waals surface area contributed by atoms with Crippen LogP contribution in [0.5, 0.6) is 0 Å². The van der Waals surface area contributed by atoms with E-state index >= 15 is 0 Å². The minimum Gasteiger partial charge on any atom is -0.378 e. The lowest BCUT2D eigenvalue weighted by Gasteiger charge is -2.30. The van der Waals surface area contributed by atoms with E-state index in [1.165, 1.54) is 0 Å². The number of carbonyl (C=O) groups excluding carboxylic acids is 1. The third kappa shape index (κ3) is 3.36. The molecule has 0 aliphatic carbocycles. The van der Waals surface area contributed by atoms with Crippen LogP contribution < -0.4 is 4.90 Å². The van der Waals surface area contributed by atoms with Crippen molar-refractivity contribution in [2.75, 3.05) is 38.3 Å². The van der Waals surface area contributed by atoms with Crippen molar-refractivity contribution in [1.29, 1.82) is 0 Å². The van der Waals surface area contributed by atoms with Crippen molar-refractivity contribution in [3.63, 3.8) is 0 Å². The molecule has 0 bridgehead atoms. The van der Waals surface area contributed by atoms with Gasteiger partial charge in [-0.25, -0.2) is 4.98 Å². The van der Waals surface area contributed by atoms with E-state index in [9.17, 15) is 4.79 Å². The summed E-state index contributed by atoms with van der Waals surface area (Å²) in [6.45, 7) is 2.96. The Kier molecular flexibility index (Phi) is 4.82. The summed E-state index contributed by atoms with van der Waals surface area (Å²) in [5.41, 5.74) is 5.57. The normalized spacial score (nSPS) is 15.5. The zero-order valence-electron chi connectivity index (χ0n) is 18.2. The molecule has 5 nitrogen and oxygen atoms in total. The summed E-state index contributed by atoms with van der Waals surface area (Å²) in [6, 6.07) is 17.9. The number of allylic oxidation sites excluding steroid dienone is 1. The number of nitrogens with zero attached hydrogens (tertiary/aromatic N) is 3. The maximum atomic E-state index is 13.3. The molecule has 164 valence electrons. The predicted octanol–water partition coefficient (Wildman–Crippen LogP) is 5.82. The van der Waals surface area contributed by atoms with E-state index in [-0.39, 0.29) is 5.78 Å². The third-order valence-electron chi connectivity index (χ3n) is 6.48. The number of para-hydroxylation sites is 1. The Morgan fingerprint density at radius 3 is 2.70 bits per heavy atom. The highest BCUT2D eigenvalue weighted by Crippen LogP contribution is 2.48. The van der Waals surface area contributed by atoms with Crippen LogP contribution in [0.2, 0.25) is 5.02 Å². The highest BCUT2D eigenvalue weighted by molar-refractivity contribution is 6.32. The van der Waals surface area contributed by atoms with Crippen LogP contribution in [0.25, 0.3) is 32.9 Å².